The van der Waals surface area contributed by atoms with Crippen molar-refractivity contribution in [3.63, 3.8) is 0 Å². The largest absolute Gasteiger partial charge is 0.320 e. The van der Waals surface area contributed by atoms with E-state index in [1.807, 2.05) is 44.2 Å². The van der Waals surface area contributed by atoms with Crippen molar-refractivity contribution in [2.24, 2.45) is 0 Å². The molecule has 0 unspecified atom stereocenters. The Labute approximate surface area is 196 Å². The zero-order chi connectivity index (χ0) is 22.8. The molecule has 4 aromatic rings. The maximum Gasteiger partial charge on any atom is 0.266 e. The SMILES string of the molecule is Cc1cc(/C=C(/C#N)C(=O)Nc2cccc(Cl)c2Cl)c(C)n1-c1cccc2ccccc12. The Bertz CT molecular complexity index is 1420. The molecule has 1 N–H and O–H groups in total. The summed E-state index contributed by atoms with van der Waals surface area (Å²) < 4.78 is 2.13. The highest BCUT2D eigenvalue weighted by molar-refractivity contribution is 6.44. The summed E-state index contributed by atoms with van der Waals surface area (Å²) in [5, 5.41) is 15.1. The summed E-state index contributed by atoms with van der Waals surface area (Å²) >= 11 is 12.2. The van der Waals surface area contributed by atoms with Crippen LogP contribution in [0.3, 0.4) is 0 Å². The van der Waals surface area contributed by atoms with E-state index in [1.54, 1.807) is 24.3 Å². The normalized spacial score (nSPS) is 11.4. The Morgan fingerprint density at radius 3 is 2.53 bits per heavy atom. The van der Waals surface area contributed by atoms with Gasteiger partial charge in [-0.05, 0) is 55.1 Å². The van der Waals surface area contributed by atoms with E-state index in [-0.39, 0.29) is 10.6 Å². The molecule has 1 amide bonds. The first-order chi connectivity index (χ1) is 15.4. The Morgan fingerprint density at radius 1 is 1.03 bits per heavy atom. The van der Waals surface area contributed by atoms with Crippen LogP contribution in [0, 0.1) is 25.2 Å². The molecule has 4 nitrogen and oxygen atoms in total. The molecule has 0 atom stereocenters. The molecule has 0 fully saturated rings. The van der Waals surface area contributed by atoms with Crippen LogP contribution in [0.25, 0.3) is 22.5 Å². The Balaban J connectivity index is 1.73. The first kappa shape index (κ1) is 21.7. The molecule has 158 valence electrons. The molecule has 0 radical (unpaired) electrons. The first-order valence-electron chi connectivity index (χ1n) is 9.95. The lowest BCUT2D eigenvalue weighted by Gasteiger charge is -2.13. The van der Waals surface area contributed by atoms with Crippen LogP contribution in [-0.2, 0) is 4.79 Å². The number of aryl methyl sites for hydroxylation is 1. The van der Waals surface area contributed by atoms with Gasteiger partial charge in [0.2, 0.25) is 0 Å². The molecule has 0 saturated heterocycles. The number of anilines is 1. The van der Waals surface area contributed by atoms with Crippen molar-refractivity contribution in [3.05, 3.63) is 99.3 Å². The van der Waals surface area contributed by atoms with Gasteiger partial charge in [-0.25, -0.2) is 0 Å². The van der Waals surface area contributed by atoms with Gasteiger partial charge in [0.15, 0.2) is 0 Å². The third-order valence-corrected chi connectivity index (χ3v) is 6.16. The Kier molecular flexibility index (Phi) is 6.05. The molecule has 0 aliphatic heterocycles. The zero-order valence-corrected chi connectivity index (χ0v) is 19.0. The van der Waals surface area contributed by atoms with Gasteiger partial charge in [0.25, 0.3) is 5.91 Å². The summed E-state index contributed by atoms with van der Waals surface area (Å²) in [6.45, 7) is 3.98. The molecular formula is C26H19Cl2N3O. The predicted molar refractivity (Wildman–Crippen MR) is 131 cm³/mol. The van der Waals surface area contributed by atoms with Crippen LogP contribution in [0.5, 0.6) is 0 Å². The average molecular weight is 460 g/mol. The summed E-state index contributed by atoms with van der Waals surface area (Å²) in [5.74, 6) is -0.549. The fourth-order valence-electron chi connectivity index (χ4n) is 3.80. The number of amides is 1. The van der Waals surface area contributed by atoms with Gasteiger partial charge in [0.1, 0.15) is 11.6 Å². The highest BCUT2D eigenvalue weighted by Crippen LogP contribution is 2.31. The summed E-state index contributed by atoms with van der Waals surface area (Å²) in [6.07, 6.45) is 1.59. The summed E-state index contributed by atoms with van der Waals surface area (Å²) in [6, 6.07) is 23.3. The molecule has 1 heterocycles. The maximum absolute atomic E-state index is 12.7. The van der Waals surface area contributed by atoms with Gasteiger partial charge < -0.3 is 9.88 Å². The second-order valence-electron chi connectivity index (χ2n) is 7.39. The lowest BCUT2D eigenvalue weighted by atomic mass is 10.1. The number of halogens is 2. The third-order valence-electron chi connectivity index (χ3n) is 5.34. The number of aromatic nitrogens is 1. The summed E-state index contributed by atoms with van der Waals surface area (Å²) in [5.41, 5.74) is 4.09. The standard InChI is InChI=1S/C26H19Cl2N3O/c1-16-13-19(14-20(15-29)26(32)30-23-11-6-10-22(27)25(23)28)17(2)31(16)24-12-5-8-18-7-3-4-9-21(18)24/h3-14H,1-2H3,(H,30,32)/b20-14-. The smallest absolute Gasteiger partial charge is 0.266 e. The number of benzene rings is 3. The van der Waals surface area contributed by atoms with Gasteiger partial charge in [-0.2, -0.15) is 5.26 Å². The van der Waals surface area contributed by atoms with Gasteiger partial charge in [0, 0.05) is 16.8 Å². The van der Waals surface area contributed by atoms with Crippen LogP contribution in [0.1, 0.15) is 17.0 Å². The van der Waals surface area contributed by atoms with Crippen LogP contribution in [0.4, 0.5) is 5.69 Å². The molecule has 4 rings (SSSR count). The Hall–Kier alpha value is -3.52. The minimum atomic E-state index is -0.549. The van der Waals surface area contributed by atoms with Crippen molar-refractivity contribution in [3.8, 4) is 11.8 Å². The number of hydrogen-bond donors (Lipinski definition) is 1. The number of nitrogens with zero attached hydrogens (tertiary/aromatic N) is 2. The lowest BCUT2D eigenvalue weighted by molar-refractivity contribution is -0.112. The van der Waals surface area contributed by atoms with Crippen LogP contribution in [0.2, 0.25) is 10.0 Å². The quantitative estimate of drug-likeness (QED) is 0.261. The fourth-order valence-corrected chi connectivity index (χ4v) is 4.15. The van der Waals surface area contributed by atoms with Gasteiger partial charge in [-0.3, -0.25) is 4.79 Å². The van der Waals surface area contributed by atoms with E-state index in [4.69, 9.17) is 23.2 Å². The minimum Gasteiger partial charge on any atom is -0.320 e. The first-order valence-corrected chi connectivity index (χ1v) is 10.7. The number of fused-ring (bicyclic) bond motifs is 1. The highest BCUT2D eigenvalue weighted by Gasteiger charge is 2.16. The van der Waals surface area contributed by atoms with E-state index in [0.29, 0.717) is 10.7 Å². The maximum atomic E-state index is 12.7. The molecule has 32 heavy (non-hydrogen) atoms. The van der Waals surface area contributed by atoms with Crippen molar-refractivity contribution in [2.45, 2.75) is 13.8 Å². The van der Waals surface area contributed by atoms with E-state index in [1.165, 1.54) is 0 Å². The van der Waals surface area contributed by atoms with Crippen molar-refractivity contribution in [2.75, 3.05) is 5.32 Å². The molecule has 1 aromatic heterocycles. The van der Waals surface area contributed by atoms with E-state index < -0.39 is 5.91 Å². The van der Waals surface area contributed by atoms with Crippen molar-refractivity contribution in [1.82, 2.24) is 4.57 Å². The summed E-state index contributed by atoms with van der Waals surface area (Å²) in [4.78, 5) is 12.7. The van der Waals surface area contributed by atoms with Gasteiger partial charge in [-0.1, -0.05) is 65.7 Å². The van der Waals surface area contributed by atoms with E-state index in [0.717, 1.165) is 33.4 Å². The third kappa shape index (κ3) is 4.01. The molecule has 0 spiro atoms. The minimum absolute atomic E-state index is 0.0285. The second-order valence-corrected chi connectivity index (χ2v) is 8.17. The van der Waals surface area contributed by atoms with Gasteiger partial charge >= 0.3 is 0 Å². The number of carbonyl (C=O) groups is 1. The number of rotatable bonds is 4. The van der Waals surface area contributed by atoms with Crippen molar-refractivity contribution >= 4 is 51.6 Å². The van der Waals surface area contributed by atoms with Gasteiger partial charge in [-0.15, -0.1) is 0 Å². The number of carbonyl (C=O) groups excluding carboxylic acids is 1. The summed E-state index contributed by atoms with van der Waals surface area (Å²) in [7, 11) is 0. The molecule has 3 aromatic carbocycles. The van der Waals surface area contributed by atoms with E-state index >= 15 is 0 Å². The monoisotopic (exact) mass is 459 g/mol. The van der Waals surface area contributed by atoms with Crippen LogP contribution < -0.4 is 5.32 Å². The fraction of sp³-hybridized carbons (Fsp3) is 0.0769. The van der Waals surface area contributed by atoms with Crippen LogP contribution >= 0.6 is 23.2 Å². The number of nitriles is 1. The van der Waals surface area contributed by atoms with Crippen molar-refractivity contribution < 1.29 is 4.79 Å². The van der Waals surface area contributed by atoms with Crippen molar-refractivity contribution in [1.29, 1.82) is 5.26 Å². The second kappa shape index (κ2) is 8.92. The molecule has 0 aliphatic rings. The number of hydrogen-bond acceptors (Lipinski definition) is 2. The zero-order valence-electron chi connectivity index (χ0n) is 17.5. The molecule has 0 bridgehead atoms. The topological polar surface area (TPSA) is 57.8 Å². The molecule has 0 aliphatic carbocycles. The predicted octanol–water partition coefficient (Wildman–Crippen LogP) is 7.10. The molecule has 6 heteroatoms. The lowest BCUT2D eigenvalue weighted by Crippen LogP contribution is -2.13. The van der Waals surface area contributed by atoms with Gasteiger partial charge in [0.05, 0.1) is 21.4 Å². The van der Waals surface area contributed by atoms with Crippen LogP contribution in [-0.4, -0.2) is 10.5 Å². The number of nitrogens with one attached hydrogen (secondary N) is 1. The van der Waals surface area contributed by atoms with E-state index in [9.17, 15) is 10.1 Å². The Morgan fingerprint density at radius 2 is 1.75 bits per heavy atom. The van der Waals surface area contributed by atoms with Crippen LogP contribution in [0.15, 0.2) is 72.3 Å². The molecule has 0 saturated carbocycles. The van der Waals surface area contributed by atoms with E-state index in [2.05, 4.69) is 34.1 Å². The highest BCUT2D eigenvalue weighted by atomic mass is 35.5. The molecular weight excluding hydrogens is 441 g/mol. The average Bonchev–Trinajstić information content (AvgIpc) is 3.07.